The van der Waals surface area contributed by atoms with Crippen molar-refractivity contribution < 1.29 is 17.2 Å². The monoisotopic (exact) mass is 393 g/mol. The van der Waals surface area contributed by atoms with Gasteiger partial charge >= 0.3 is 0 Å². The first-order valence-corrected chi connectivity index (χ1v) is 10.5. The van der Waals surface area contributed by atoms with Crippen LogP contribution in [-0.4, -0.2) is 15.0 Å². The molecule has 1 N–H and O–H groups in total. The first kappa shape index (κ1) is 20.0. The first-order valence-electron chi connectivity index (χ1n) is 9.01. The Hall–Kier alpha value is -1.79. The van der Waals surface area contributed by atoms with Gasteiger partial charge in [-0.05, 0) is 47.1 Å². The molecule has 146 valence electrons. The van der Waals surface area contributed by atoms with E-state index in [2.05, 4.69) is 25.5 Å². The maximum Gasteiger partial charge on any atom is 0.240 e. The minimum Gasteiger partial charge on any atom is -0.210 e. The van der Waals surface area contributed by atoms with Crippen LogP contribution in [0.3, 0.4) is 0 Å². The molecule has 2 unspecified atom stereocenters. The van der Waals surface area contributed by atoms with E-state index in [1.54, 1.807) is 12.1 Å². The maximum atomic E-state index is 14.2. The fourth-order valence-corrected chi connectivity index (χ4v) is 4.65. The van der Waals surface area contributed by atoms with E-state index in [1.807, 2.05) is 19.1 Å². The molecule has 1 fully saturated rings. The highest BCUT2D eigenvalue weighted by molar-refractivity contribution is 7.89. The number of sulfonamides is 1. The van der Waals surface area contributed by atoms with Crippen molar-refractivity contribution in [1.82, 2.24) is 4.72 Å². The quantitative estimate of drug-likeness (QED) is 0.812. The van der Waals surface area contributed by atoms with Gasteiger partial charge in [0.15, 0.2) is 0 Å². The van der Waals surface area contributed by atoms with Crippen LogP contribution in [-0.2, 0) is 20.9 Å². The minimum absolute atomic E-state index is 0.0661. The second-order valence-corrected chi connectivity index (χ2v) is 10.3. The highest BCUT2D eigenvalue weighted by Crippen LogP contribution is 2.54. The maximum absolute atomic E-state index is 14.2. The van der Waals surface area contributed by atoms with Crippen LogP contribution >= 0.6 is 0 Å². The summed E-state index contributed by atoms with van der Waals surface area (Å²) in [5.41, 5.74) is 0.712. The molecule has 6 heteroatoms. The number of nitrogens with one attached hydrogen (secondary N) is 1. The lowest BCUT2D eigenvalue weighted by molar-refractivity contribution is 0.518. The molecule has 1 aliphatic rings. The van der Waals surface area contributed by atoms with Crippen molar-refractivity contribution in [3.63, 3.8) is 0 Å². The Morgan fingerprint density at radius 3 is 2.19 bits per heavy atom. The van der Waals surface area contributed by atoms with E-state index in [9.17, 15) is 17.2 Å². The Morgan fingerprint density at radius 2 is 1.70 bits per heavy atom. The van der Waals surface area contributed by atoms with Crippen LogP contribution < -0.4 is 4.72 Å². The van der Waals surface area contributed by atoms with E-state index in [0.29, 0.717) is 12.0 Å². The van der Waals surface area contributed by atoms with Crippen LogP contribution in [0.5, 0.6) is 0 Å². The van der Waals surface area contributed by atoms with Crippen molar-refractivity contribution in [3.05, 3.63) is 65.2 Å². The van der Waals surface area contributed by atoms with Crippen LogP contribution in [0.1, 0.15) is 45.2 Å². The molecule has 2 aromatic carbocycles. The lowest BCUT2D eigenvalue weighted by Gasteiger charge is -2.20. The van der Waals surface area contributed by atoms with Gasteiger partial charge in [0.1, 0.15) is 11.6 Å². The van der Waals surface area contributed by atoms with E-state index >= 15 is 0 Å². The topological polar surface area (TPSA) is 46.2 Å². The SMILES string of the molecule is CC1CC1(CNS(=O)(=O)c1ccc(C(C)(C)C)cc1)c1ccc(F)cc1F. The molecule has 1 saturated carbocycles. The molecular formula is C21H25F2NO2S. The van der Waals surface area contributed by atoms with Crippen LogP contribution in [0.15, 0.2) is 47.4 Å². The highest BCUT2D eigenvalue weighted by Gasteiger charge is 2.53. The van der Waals surface area contributed by atoms with Gasteiger partial charge in [0.2, 0.25) is 10.0 Å². The summed E-state index contributed by atoms with van der Waals surface area (Å²) >= 11 is 0. The molecule has 2 atom stereocenters. The van der Waals surface area contributed by atoms with Crippen molar-refractivity contribution in [3.8, 4) is 0 Å². The molecular weight excluding hydrogens is 368 g/mol. The second kappa shape index (κ2) is 6.67. The Bertz CT molecular complexity index is 949. The lowest BCUT2D eigenvalue weighted by atomic mass is 9.87. The molecule has 3 rings (SSSR count). The van der Waals surface area contributed by atoms with E-state index in [1.165, 1.54) is 12.1 Å². The predicted molar refractivity (Wildman–Crippen MR) is 102 cm³/mol. The number of benzene rings is 2. The molecule has 3 nitrogen and oxygen atoms in total. The molecule has 0 amide bonds. The average molecular weight is 393 g/mol. The van der Waals surface area contributed by atoms with E-state index < -0.39 is 27.1 Å². The van der Waals surface area contributed by atoms with Crippen LogP contribution in [0.2, 0.25) is 0 Å². The number of hydrogen-bond donors (Lipinski definition) is 1. The largest absolute Gasteiger partial charge is 0.240 e. The molecule has 0 saturated heterocycles. The van der Waals surface area contributed by atoms with Gasteiger partial charge in [-0.2, -0.15) is 0 Å². The van der Waals surface area contributed by atoms with Gasteiger partial charge < -0.3 is 0 Å². The van der Waals surface area contributed by atoms with Crippen LogP contribution in [0.4, 0.5) is 8.78 Å². The summed E-state index contributed by atoms with van der Waals surface area (Å²) in [7, 11) is -3.71. The van der Waals surface area contributed by atoms with Crippen molar-refractivity contribution >= 4 is 10.0 Å². The van der Waals surface area contributed by atoms with Gasteiger partial charge in [-0.15, -0.1) is 0 Å². The van der Waals surface area contributed by atoms with Crippen molar-refractivity contribution in [1.29, 1.82) is 0 Å². The van der Waals surface area contributed by atoms with Gasteiger partial charge in [0, 0.05) is 18.0 Å². The Morgan fingerprint density at radius 1 is 1.11 bits per heavy atom. The number of hydrogen-bond acceptors (Lipinski definition) is 2. The second-order valence-electron chi connectivity index (χ2n) is 8.48. The molecule has 0 aliphatic heterocycles. The zero-order valence-electron chi connectivity index (χ0n) is 16.0. The minimum atomic E-state index is -3.71. The van der Waals surface area contributed by atoms with Crippen molar-refractivity contribution in [2.75, 3.05) is 6.54 Å². The summed E-state index contributed by atoms with van der Waals surface area (Å²) in [5.74, 6) is -1.16. The lowest BCUT2D eigenvalue weighted by Crippen LogP contribution is -2.34. The summed E-state index contributed by atoms with van der Waals surface area (Å²) in [6.07, 6.45) is 0.654. The zero-order valence-corrected chi connectivity index (χ0v) is 16.8. The van der Waals surface area contributed by atoms with E-state index in [4.69, 9.17) is 0 Å². The molecule has 0 spiro atoms. The summed E-state index contributed by atoms with van der Waals surface area (Å²) in [6, 6.07) is 10.3. The van der Waals surface area contributed by atoms with E-state index in [-0.39, 0.29) is 22.8 Å². The molecule has 27 heavy (non-hydrogen) atoms. The van der Waals surface area contributed by atoms with Gasteiger partial charge in [-0.3, -0.25) is 0 Å². The van der Waals surface area contributed by atoms with Crippen molar-refractivity contribution in [2.45, 2.75) is 49.8 Å². The molecule has 0 aromatic heterocycles. The Labute approximate surface area is 159 Å². The predicted octanol–water partition coefficient (Wildman–Crippen LogP) is 4.52. The van der Waals surface area contributed by atoms with Gasteiger partial charge in [-0.1, -0.05) is 45.9 Å². The van der Waals surface area contributed by atoms with Gasteiger partial charge in [0.25, 0.3) is 0 Å². The standard InChI is InChI=1S/C21H25F2NO2S/c1-14-12-21(14,18-10-7-16(22)11-19(18)23)13-24-27(25,26)17-8-5-15(6-9-17)20(2,3)4/h5-11,14,24H,12-13H2,1-4H3. The fraction of sp³-hybridized carbons (Fsp3) is 0.429. The average Bonchev–Trinajstić information content (AvgIpc) is 3.23. The summed E-state index contributed by atoms with van der Waals surface area (Å²) in [5, 5.41) is 0. The molecule has 0 heterocycles. The molecule has 2 aromatic rings. The summed E-state index contributed by atoms with van der Waals surface area (Å²) < 4.78 is 55.4. The van der Waals surface area contributed by atoms with Crippen LogP contribution in [0.25, 0.3) is 0 Å². The third-order valence-corrected chi connectivity index (χ3v) is 6.95. The van der Waals surface area contributed by atoms with Gasteiger partial charge in [-0.25, -0.2) is 21.9 Å². The molecule has 0 radical (unpaired) electrons. The normalized spacial score (nSPS) is 22.7. The third-order valence-electron chi connectivity index (χ3n) is 5.53. The summed E-state index contributed by atoms with van der Waals surface area (Å²) in [4.78, 5) is 0.179. The molecule has 1 aliphatic carbocycles. The van der Waals surface area contributed by atoms with Gasteiger partial charge in [0.05, 0.1) is 4.90 Å². The third kappa shape index (κ3) is 3.92. The van der Waals surface area contributed by atoms with Crippen molar-refractivity contribution in [2.24, 2.45) is 5.92 Å². The molecule has 0 bridgehead atoms. The summed E-state index contributed by atoms with van der Waals surface area (Å²) in [6.45, 7) is 8.20. The fourth-order valence-electron chi connectivity index (χ4n) is 3.54. The Kier molecular flexibility index (Phi) is 4.93. The smallest absolute Gasteiger partial charge is 0.210 e. The zero-order chi connectivity index (χ0) is 20.0. The van der Waals surface area contributed by atoms with Crippen LogP contribution in [0, 0.1) is 17.6 Å². The first-order chi connectivity index (χ1) is 12.5. The van der Waals surface area contributed by atoms with E-state index in [0.717, 1.165) is 11.6 Å². The highest BCUT2D eigenvalue weighted by atomic mass is 32.2. The Balaban J connectivity index is 1.80. The number of rotatable bonds is 5. The number of halogens is 2.